The maximum absolute atomic E-state index is 10.5. The number of phenolic OH excluding ortho intramolecular Hbond substituents is 1. The highest BCUT2D eigenvalue weighted by Crippen LogP contribution is 2.48. The van der Waals surface area contributed by atoms with E-state index in [0.717, 1.165) is 51.8 Å². The van der Waals surface area contributed by atoms with Crippen LogP contribution in [0.25, 0.3) is 5.69 Å². The Hall–Kier alpha value is -5.17. The first-order chi connectivity index (χ1) is 19.6. The van der Waals surface area contributed by atoms with Crippen LogP contribution in [0.3, 0.4) is 0 Å². The SMILES string of the molecule is CCc1ccc(NC2=Nc3ccccc3N3C2=Nc2c(c(C)nn2-c2ccccc2)[C@@H]3c2cccc(O)c2)cc1. The van der Waals surface area contributed by atoms with Crippen molar-refractivity contribution in [3.05, 3.63) is 126 Å². The largest absolute Gasteiger partial charge is 0.508 e. The van der Waals surface area contributed by atoms with Crippen LogP contribution in [0.1, 0.15) is 35.3 Å². The molecular formula is C33H28N6O. The number of nitrogens with zero attached hydrogens (tertiary/aromatic N) is 5. The Balaban J connectivity index is 1.48. The molecule has 2 N–H and O–H groups in total. The number of aliphatic imine (C=N–C) groups is 2. The van der Waals surface area contributed by atoms with Crippen LogP contribution in [0, 0.1) is 6.92 Å². The molecule has 0 amide bonds. The number of amidine groups is 2. The minimum Gasteiger partial charge on any atom is -0.508 e. The lowest BCUT2D eigenvalue weighted by molar-refractivity contribution is 0.474. The normalized spacial score (nSPS) is 15.4. The van der Waals surface area contributed by atoms with Gasteiger partial charge in [-0.05, 0) is 73.0 Å². The Bertz CT molecular complexity index is 1790. The van der Waals surface area contributed by atoms with E-state index in [1.807, 2.05) is 78.3 Å². The molecule has 0 saturated carbocycles. The molecule has 0 spiro atoms. The Morgan fingerprint density at radius 2 is 1.62 bits per heavy atom. The first-order valence-corrected chi connectivity index (χ1v) is 13.5. The van der Waals surface area contributed by atoms with E-state index >= 15 is 0 Å². The van der Waals surface area contributed by atoms with Crippen molar-refractivity contribution in [2.75, 3.05) is 10.2 Å². The van der Waals surface area contributed by atoms with Crippen LogP contribution in [0.2, 0.25) is 0 Å². The predicted octanol–water partition coefficient (Wildman–Crippen LogP) is 7.24. The Morgan fingerprint density at radius 1 is 0.850 bits per heavy atom. The molecule has 3 heterocycles. The lowest BCUT2D eigenvalue weighted by Crippen LogP contribution is -2.46. The van der Waals surface area contributed by atoms with Crippen molar-refractivity contribution >= 4 is 34.6 Å². The topological polar surface area (TPSA) is 78.0 Å². The number of phenols is 1. The molecule has 1 atom stereocenters. The van der Waals surface area contributed by atoms with E-state index < -0.39 is 0 Å². The second-order valence-electron chi connectivity index (χ2n) is 10.00. The molecule has 1 aromatic heterocycles. The van der Waals surface area contributed by atoms with Gasteiger partial charge < -0.3 is 15.3 Å². The molecule has 2 aliphatic rings. The molecule has 40 heavy (non-hydrogen) atoms. The zero-order chi connectivity index (χ0) is 27.2. The van der Waals surface area contributed by atoms with Crippen molar-refractivity contribution in [2.24, 2.45) is 9.98 Å². The minimum absolute atomic E-state index is 0.213. The first kappa shape index (κ1) is 23.9. The molecule has 7 rings (SSSR count). The van der Waals surface area contributed by atoms with Gasteiger partial charge >= 0.3 is 0 Å². The molecule has 0 fully saturated rings. The summed E-state index contributed by atoms with van der Waals surface area (Å²) < 4.78 is 1.90. The van der Waals surface area contributed by atoms with Crippen LogP contribution in [-0.2, 0) is 6.42 Å². The maximum Gasteiger partial charge on any atom is 0.179 e. The number of fused-ring (bicyclic) bond motifs is 4. The second kappa shape index (κ2) is 9.54. The number of nitrogens with one attached hydrogen (secondary N) is 1. The molecule has 0 aliphatic carbocycles. The van der Waals surface area contributed by atoms with Crippen LogP contribution in [0.4, 0.5) is 22.9 Å². The van der Waals surface area contributed by atoms with E-state index in [1.54, 1.807) is 6.07 Å². The van der Waals surface area contributed by atoms with Gasteiger partial charge in [-0.25, -0.2) is 14.7 Å². The predicted molar refractivity (Wildman–Crippen MR) is 161 cm³/mol. The van der Waals surface area contributed by atoms with Gasteiger partial charge in [0.25, 0.3) is 0 Å². The average Bonchev–Trinajstić information content (AvgIpc) is 3.33. The molecule has 7 nitrogen and oxygen atoms in total. The van der Waals surface area contributed by atoms with E-state index in [-0.39, 0.29) is 11.8 Å². The smallest absolute Gasteiger partial charge is 0.179 e. The Labute approximate surface area is 232 Å². The van der Waals surface area contributed by atoms with Gasteiger partial charge in [0.2, 0.25) is 0 Å². The lowest BCUT2D eigenvalue weighted by Gasteiger charge is -2.40. The highest BCUT2D eigenvalue weighted by Gasteiger charge is 2.41. The Morgan fingerprint density at radius 3 is 2.40 bits per heavy atom. The van der Waals surface area contributed by atoms with Gasteiger partial charge in [0.1, 0.15) is 5.75 Å². The van der Waals surface area contributed by atoms with Gasteiger partial charge in [-0.1, -0.05) is 61.5 Å². The fraction of sp³-hybridized carbons (Fsp3) is 0.121. The van der Waals surface area contributed by atoms with E-state index in [4.69, 9.17) is 15.1 Å². The summed E-state index contributed by atoms with van der Waals surface area (Å²) >= 11 is 0. The van der Waals surface area contributed by atoms with E-state index in [0.29, 0.717) is 11.7 Å². The molecule has 7 heteroatoms. The number of benzene rings is 4. The average molecular weight is 525 g/mol. The summed E-state index contributed by atoms with van der Waals surface area (Å²) in [4.78, 5) is 12.5. The minimum atomic E-state index is -0.289. The van der Waals surface area contributed by atoms with Crippen molar-refractivity contribution in [2.45, 2.75) is 26.3 Å². The summed E-state index contributed by atoms with van der Waals surface area (Å²) in [5.41, 5.74) is 7.72. The molecule has 196 valence electrons. The van der Waals surface area contributed by atoms with Crippen molar-refractivity contribution in [1.29, 1.82) is 0 Å². The van der Waals surface area contributed by atoms with Crippen molar-refractivity contribution < 1.29 is 5.11 Å². The van der Waals surface area contributed by atoms with Crippen LogP contribution in [0.5, 0.6) is 5.75 Å². The fourth-order valence-electron chi connectivity index (χ4n) is 5.52. The standard InChI is InChI=1S/C33H28N6O/c1-3-22-16-18-24(19-17-22)34-31-33-36-32-29(21(2)37-39(32)25-11-5-4-6-12-25)30(23-10-9-13-26(40)20-23)38(33)28-15-8-7-14-27(28)35-31/h4-20,30,40H,3H2,1-2H3,(H,34,35)/t30-/m0/s1. The molecule has 0 saturated heterocycles. The van der Waals surface area contributed by atoms with Gasteiger partial charge in [-0.15, -0.1) is 0 Å². The van der Waals surface area contributed by atoms with E-state index in [1.165, 1.54) is 5.56 Å². The van der Waals surface area contributed by atoms with Crippen LogP contribution < -0.4 is 10.2 Å². The highest BCUT2D eigenvalue weighted by atomic mass is 16.3. The lowest BCUT2D eigenvalue weighted by atomic mass is 9.93. The number of aromatic hydroxyl groups is 1. The van der Waals surface area contributed by atoms with Crippen molar-refractivity contribution in [1.82, 2.24) is 9.78 Å². The Kier molecular flexibility index (Phi) is 5.70. The zero-order valence-electron chi connectivity index (χ0n) is 22.3. The third kappa shape index (κ3) is 3.94. The monoisotopic (exact) mass is 524 g/mol. The number of aromatic nitrogens is 2. The van der Waals surface area contributed by atoms with Crippen molar-refractivity contribution in [3.63, 3.8) is 0 Å². The molecule has 5 aromatic rings. The van der Waals surface area contributed by atoms with Gasteiger partial charge in [0, 0.05) is 11.3 Å². The molecular weight excluding hydrogens is 496 g/mol. The van der Waals surface area contributed by atoms with E-state index in [2.05, 4.69) is 47.5 Å². The quantitative estimate of drug-likeness (QED) is 0.260. The van der Waals surface area contributed by atoms with Crippen LogP contribution in [-0.4, -0.2) is 26.6 Å². The summed E-state index contributed by atoms with van der Waals surface area (Å²) in [5, 5.41) is 19.0. The number of rotatable bonds is 4. The second-order valence-corrected chi connectivity index (χ2v) is 10.00. The molecule has 2 aliphatic heterocycles. The number of hydrogen-bond acceptors (Lipinski definition) is 6. The fourth-order valence-corrected chi connectivity index (χ4v) is 5.52. The number of anilines is 2. The van der Waals surface area contributed by atoms with Gasteiger partial charge in [-0.2, -0.15) is 5.10 Å². The van der Waals surface area contributed by atoms with Crippen LogP contribution >= 0.6 is 0 Å². The summed E-state index contributed by atoms with van der Waals surface area (Å²) in [6, 6.07) is 33.7. The summed E-state index contributed by atoms with van der Waals surface area (Å²) in [5.74, 6) is 2.30. The van der Waals surface area contributed by atoms with Crippen LogP contribution in [0.15, 0.2) is 113 Å². The molecule has 4 aromatic carbocycles. The summed E-state index contributed by atoms with van der Waals surface area (Å²) in [6.07, 6.45) is 0.978. The van der Waals surface area contributed by atoms with E-state index in [9.17, 15) is 5.11 Å². The number of hydrogen-bond donors (Lipinski definition) is 2. The third-order valence-corrected chi connectivity index (χ3v) is 7.45. The number of para-hydroxylation sites is 3. The maximum atomic E-state index is 10.5. The third-order valence-electron chi connectivity index (χ3n) is 7.45. The first-order valence-electron chi connectivity index (χ1n) is 13.5. The zero-order valence-corrected chi connectivity index (χ0v) is 22.3. The van der Waals surface area contributed by atoms with Crippen molar-refractivity contribution in [3.8, 4) is 11.4 Å². The molecule has 0 bridgehead atoms. The number of aryl methyl sites for hydroxylation is 2. The highest BCUT2D eigenvalue weighted by molar-refractivity contribution is 6.51. The molecule has 0 radical (unpaired) electrons. The molecule has 0 unspecified atom stereocenters. The van der Waals surface area contributed by atoms with Gasteiger partial charge in [0.05, 0.1) is 28.8 Å². The summed E-state index contributed by atoms with van der Waals surface area (Å²) in [6.45, 7) is 4.17. The van der Waals surface area contributed by atoms with Gasteiger partial charge in [-0.3, -0.25) is 0 Å². The summed E-state index contributed by atoms with van der Waals surface area (Å²) in [7, 11) is 0. The van der Waals surface area contributed by atoms with Gasteiger partial charge in [0.15, 0.2) is 17.5 Å².